The number of nitriles is 1. The number of carbonyl (C=O) groups excluding carboxylic acids is 1. The molecule has 164 valence electrons. The number of amides is 1. The highest BCUT2D eigenvalue weighted by Gasteiger charge is 2.39. The van der Waals surface area contributed by atoms with E-state index in [-0.39, 0.29) is 37.0 Å². The van der Waals surface area contributed by atoms with Gasteiger partial charge in [0, 0.05) is 43.6 Å². The molecule has 0 aromatic heterocycles. The highest BCUT2D eigenvalue weighted by molar-refractivity contribution is 5.93. The van der Waals surface area contributed by atoms with Crippen LogP contribution in [0.2, 0.25) is 0 Å². The van der Waals surface area contributed by atoms with Gasteiger partial charge in [-0.15, -0.1) is 0 Å². The maximum absolute atomic E-state index is 13.4. The fourth-order valence-corrected chi connectivity index (χ4v) is 3.63. The Kier molecular flexibility index (Phi) is 6.45. The van der Waals surface area contributed by atoms with Crippen molar-refractivity contribution >= 4 is 17.3 Å². The standard InChI is InChI=1S/C21H18F5N3O2/c1-31-11-13-9-29(15-4-2-12(8-27)17(7-15)21(24,25)26)10-16(13)20(30)28-14-3-5-18(22)19(23)6-14/h2-7,13,16H,9-11H2,1H3,(H,28,30)/t13-,16+/m1/s1. The van der Waals surface area contributed by atoms with E-state index in [1.54, 1.807) is 4.90 Å². The summed E-state index contributed by atoms with van der Waals surface area (Å²) in [5.74, 6) is -3.67. The number of alkyl halides is 3. The van der Waals surface area contributed by atoms with Crippen molar-refractivity contribution < 1.29 is 31.5 Å². The minimum Gasteiger partial charge on any atom is -0.384 e. The molecule has 0 aliphatic carbocycles. The number of hydrogen-bond acceptors (Lipinski definition) is 4. The van der Waals surface area contributed by atoms with E-state index >= 15 is 0 Å². The van der Waals surface area contributed by atoms with Crippen LogP contribution in [0.5, 0.6) is 0 Å². The van der Waals surface area contributed by atoms with E-state index in [0.717, 1.165) is 24.3 Å². The molecule has 31 heavy (non-hydrogen) atoms. The lowest BCUT2D eigenvalue weighted by Gasteiger charge is -2.20. The smallest absolute Gasteiger partial charge is 0.384 e. The lowest BCUT2D eigenvalue weighted by molar-refractivity contribution is -0.137. The Bertz CT molecular complexity index is 1020. The van der Waals surface area contributed by atoms with E-state index in [1.165, 1.54) is 25.3 Å². The second-order valence-corrected chi connectivity index (χ2v) is 7.18. The van der Waals surface area contributed by atoms with Crippen LogP contribution in [-0.4, -0.2) is 32.7 Å². The minimum absolute atomic E-state index is 0.0660. The number of halogens is 5. The molecule has 0 unspecified atom stereocenters. The van der Waals surface area contributed by atoms with E-state index in [4.69, 9.17) is 10.00 Å². The summed E-state index contributed by atoms with van der Waals surface area (Å²) >= 11 is 0. The van der Waals surface area contributed by atoms with Crippen molar-refractivity contribution in [3.8, 4) is 6.07 Å². The van der Waals surface area contributed by atoms with Crippen LogP contribution in [0, 0.1) is 34.8 Å². The molecule has 2 atom stereocenters. The molecular formula is C21H18F5N3O2. The van der Waals surface area contributed by atoms with Gasteiger partial charge in [0.25, 0.3) is 0 Å². The molecule has 0 radical (unpaired) electrons. The monoisotopic (exact) mass is 439 g/mol. The fourth-order valence-electron chi connectivity index (χ4n) is 3.63. The van der Waals surface area contributed by atoms with Crippen molar-refractivity contribution in [2.45, 2.75) is 6.18 Å². The van der Waals surface area contributed by atoms with Gasteiger partial charge in [-0.2, -0.15) is 18.4 Å². The predicted molar refractivity (Wildman–Crippen MR) is 102 cm³/mol. The molecule has 0 bridgehead atoms. The Labute approximate surface area is 175 Å². The number of nitrogens with zero attached hydrogens (tertiary/aromatic N) is 2. The van der Waals surface area contributed by atoms with Gasteiger partial charge in [0.1, 0.15) is 0 Å². The van der Waals surface area contributed by atoms with Gasteiger partial charge in [-0.25, -0.2) is 8.78 Å². The van der Waals surface area contributed by atoms with Crippen LogP contribution in [0.4, 0.5) is 33.3 Å². The molecule has 2 aromatic carbocycles. The first-order valence-corrected chi connectivity index (χ1v) is 9.25. The Morgan fingerprint density at radius 1 is 1.19 bits per heavy atom. The van der Waals surface area contributed by atoms with Gasteiger partial charge >= 0.3 is 6.18 Å². The molecular weight excluding hydrogens is 421 g/mol. The van der Waals surface area contributed by atoms with Crippen molar-refractivity contribution in [3.63, 3.8) is 0 Å². The van der Waals surface area contributed by atoms with Gasteiger partial charge in [0.15, 0.2) is 11.6 Å². The van der Waals surface area contributed by atoms with Crippen LogP contribution in [0.1, 0.15) is 11.1 Å². The number of hydrogen-bond donors (Lipinski definition) is 1. The van der Waals surface area contributed by atoms with Gasteiger partial charge < -0.3 is 15.0 Å². The molecule has 0 spiro atoms. The Morgan fingerprint density at radius 3 is 2.55 bits per heavy atom. The van der Waals surface area contributed by atoms with Gasteiger partial charge in [-0.3, -0.25) is 4.79 Å². The molecule has 1 N–H and O–H groups in total. The molecule has 1 saturated heterocycles. The largest absolute Gasteiger partial charge is 0.417 e. The van der Waals surface area contributed by atoms with E-state index < -0.39 is 40.8 Å². The van der Waals surface area contributed by atoms with Crippen LogP contribution in [-0.2, 0) is 15.7 Å². The molecule has 1 aliphatic heterocycles. The summed E-state index contributed by atoms with van der Waals surface area (Å²) < 4.78 is 71.6. The summed E-state index contributed by atoms with van der Waals surface area (Å²) in [5, 5.41) is 11.5. The van der Waals surface area contributed by atoms with Crippen molar-refractivity contribution in [1.82, 2.24) is 0 Å². The zero-order valence-corrected chi connectivity index (χ0v) is 16.3. The fraction of sp³-hybridized carbons (Fsp3) is 0.333. The Hall–Kier alpha value is -3.19. The van der Waals surface area contributed by atoms with E-state index in [9.17, 15) is 26.7 Å². The first-order chi connectivity index (χ1) is 14.6. The number of methoxy groups -OCH3 is 1. The van der Waals surface area contributed by atoms with Crippen LogP contribution < -0.4 is 10.2 Å². The number of carbonyl (C=O) groups is 1. The van der Waals surface area contributed by atoms with Crippen LogP contribution in [0.15, 0.2) is 36.4 Å². The van der Waals surface area contributed by atoms with Gasteiger partial charge in [-0.1, -0.05) is 0 Å². The topological polar surface area (TPSA) is 65.4 Å². The Morgan fingerprint density at radius 2 is 1.94 bits per heavy atom. The second-order valence-electron chi connectivity index (χ2n) is 7.18. The van der Waals surface area contributed by atoms with Crippen LogP contribution >= 0.6 is 0 Å². The molecule has 3 rings (SSSR count). The van der Waals surface area contributed by atoms with Crippen molar-refractivity contribution in [1.29, 1.82) is 5.26 Å². The summed E-state index contributed by atoms with van der Waals surface area (Å²) in [5.41, 5.74) is -1.26. The average Bonchev–Trinajstić information content (AvgIpc) is 3.14. The normalized spacial score (nSPS) is 18.7. The molecule has 0 saturated carbocycles. The molecule has 2 aromatic rings. The van der Waals surface area contributed by atoms with Crippen LogP contribution in [0.3, 0.4) is 0 Å². The number of rotatable bonds is 5. The zero-order chi connectivity index (χ0) is 22.8. The summed E-state index contributed by atoms with van der Waals surface area (Å²) in [4.78, 5) is 14.4. The first-order valence-electron chi connectivity index (χ1n) is 9.25. The maximum Gasteiger partial charge on any atom is 0.417 e. The van der Waals surface area contributed by atoms with Crippen molar-refractivity contribution in [3.05, 3.63) is 59.2 Å². The third-order valence-electron chi connectivity index (χ3n) is 5.14. The molecule has 1 heterocycles. The highest BCUT2D eigenvalue weighted by Crippen LogP contribution is 2.36. The third kappa shape index (κ3) is 4.94. The lowest BCUT2D eigenvalue weighted by atomic mass is 9.96. The molecule has 1 fully saturated rings. The number of nitrogens with one attached hydrogen (secondary N) is 1. The highest BCUT2D eigenvalue weighted by atomic mass is 19.4. The van der Waals surface area contributed by atoms with Gasteiger partial charge in [-0.05, 0) is 30.3 Å². The Balaban J connectivity index is 1.83. The number of benzene rings is 2. The summed E-state index contributed by atoms with van der Waals surface area (Å²) in [6, 6.07) is 7.85. The number of anilines is 2. The molecule has 10 heteroatoms. The zero-order valence-electron chi connectivity index (χ0n) is 16.3. The SMILES string of the molecule is COC[C@H]1CN(c2ccc(C#N)c(C(F)(F)F)c2)C[C@@H]1C(=O)Nc1ccc(F)c(F)c1. The molecule has 1 aliphatic rings. The van der Waals surface area contributed by atoms with Gasteiger partial charge in [0.2, 0.25) is 5.91 Å². The van der Waals surface area contributed by atoms with E-state index in [2.05, 4.69) is 5.32 Å². The average molecular weight is 439 g/mol. The second kappa shape index (κ2) is 8.89. The van der Waals surface area contributed by atoms with Gasteiger partial charge in [0.05, 0.1) is 29.7 Å². The van der Waals surface area contributed by atoms with E-state index in [0.29, 0.717) is 0 Å². The minimum atomic E-state index is -4.70. The maximum atomic E-state index is 13.4. The quantitative estimate of drug-likeness (QED) is 0.710. The molecule has 1 amide bonds. The number of ether oxygens (including phenoxy) is 1. The predicted octanol–water partition coefficient (Wildman–Crippen LogP) is 4.19. The summed E-state index contributed by atoms with van der Waals surface area (Å²) in [6.07, 6.45) is -4.70. The van der Waals surface area contributed by atoms with Crippen LogP contribution in [0.25, 0.3) is 0 Å². The lowest BCUT2D eigenvalue weighted by Crippen LogP contribution is -2.31. The summed E-state index contributed by atoms with van der Waals surface area (Å²) in [6.45, 7) is 0.508. The summed E-state index contributed by atoms with van der Waals surface area (Å²) in [7, 11) is 1.44. The first kappa shape index (κ1) is 22.5. The third-order valence-corrected chi connectivity index (χ3v) is 5.14. The van der Waals surface area contributed by atoms with E-state index in [1.807, 2.05) is 0 Å². The van der Waals surface area contributed by atoms with Crippen molar-refractivity contribution in [2.75, 3.05) is 37.0 Å². The van der Waals surface area contributed by atoms with Crippen molar-refractivity contribution in [2.24, 2.45) is 11.8 Å². The molecule has 5 nitrogen and oxygen atoms in total.